The number of rotatable bonds is 8. The number of benzene rings is 2. The van der Waals surface area contributed by atoms with Gasteiger partial charge in [-0.1, -0.05) is 24.6 Å². The van der Waals surface area contributed by atoms with Crippen molar-refractivity contribution < 1.29 is 9.53 Å². The molecule has 0 aliphatic rings. The number of ether oxygens (including phenoxy) is 1. The largest absolute Gasteiger partial charge is 0.494 e. The molecule has 1 N–H and O–H groups in total. The number of hydrogen-bond donors (Lipinski definition) is 1. The van der Waals surface area contributed by atoms with Crippen LogP contribution in [0.1, 0.15) is 26.1 Å². The summed E-state index contributed by atoms with van der Waals surface area (Å²) >= 11 is 5.96. The van der Waals surface area contributed by atoms with Crippen LogP contribution in [0.2, 0.25) is 5.02 Å². The van der Waals surface area contributed by atoms with Crippen LogP contribution < -0.4 is 15.6 Å². The zero-order valence-corrected chi connectivity index (χ0v) is 19.1. The normalized spacial score (nSPS) is 12.0. The van der Waals surface area contributed by atoms with Crippen molar-refractivity contribution >= 4 is 28.8 Å². The van der Waals surface area contributed by atoms with E-state index in [0.717, 1.165) is 5.75 Å². The van der Waals surface area contributed by atoms with Crippen LogP contribution in [0.4, 0.5) is 5.69 Å². The Balaban J connectivity index is 1.47. The van der Waals surface area contributed by atoms with E-state index in [1.807, 2.05) is 38.1 Å². The minimum absolute atomic E-state index is 0.00914. The van der Waals surface area contributed by atoms with Crippen molar-refractivity contribution in [2.75, 3.05) is 11.9 Å². The van der Waals surface area contributed by atoms with Crippen LogP contribution in [-0.2, 0) is 11.2 Å². The molecule has 0 saturated carbocycles. The van der Waals surface area contributed by atoms with E-state index in [-0.39, 0.29) is 23.0 Å². The number of amides is 1. The van der Waals surface area contributed by atoms with E-state index in [4.69, 9.17) is 16.3 Å². The van der Waals surface area contributed by atoms with Crippen molar-refractivity contribution in [3.05, 3.63) is 82.1 Å². The SMILES string of the molecule is CCOc1ccc(-n2ccn3c(C[C@@H](C)CC(=O)Nc4cccc(Cl)c4)nnc3c2=O)cc1. The van der Waals surface area contributed by atoms with Gasteiger partial charge in [-0.2, -0.15) is 0 Å². The van der Waals surface area contributed by atoms with Gasteiger partial charge in [-0.25, -0.2) is 0 Å². The number of carbonyl (C=O) groups excluding carboxylic acids is 1. The number of aromatic nitrogens is 4. The van der Waals surface area contributed by atoms with E-state index in [1.54, 1.807) is 41.1 Å². The molecule has 0 aliphatic carbocycles. The summed E-state index contributed by atoms with van der Waals surface area (Å²) in [4.78, 5) is 25.4. The zero-order valence-electron chi connectivity index (χ0n) is 18.4. The average Bonchev–Trinajstić information content (AvgIpc) is 3.18. The standard InChI is InChI=1S/C24H24ClN5O3/c1-3-33-20-9-7-19(8-10-20)29-11-12-30-21(27-28-23(30)24(29)32)13-16(2)14-22(31)26-18-6-4-5-17(25)15-18/h4-12,15-16H,3,13-14H2,1-2H3,(H,26,31)/t16-/m1/s1. The number of anilines is 1. The lowest BCUT2D eigenvalue weighted by Gasteiger charge is -2.11. The quantitative estimate of drug-likeness (QED) is 0.422. The molecule has 0 fully saturated rings. The van der Waals surface area contributed by atoms with Gasteiger partial charge in [0.15, 0.2) is 0 Å². The van der Waals surface area contributed by atoms with Gasteiger partial charge < -0.3 is 10.1 Å². The van der Waals surface area contributed by atoms with E-state index < -0.39 is 0 Å². The third-order valence-corrected chi connectivity index (χ3v) is 5.38. The molecule has 8 nitrogen and oxygen atoms in total. The fourth-order valence-electron chi connectivity index (χ4n) is 3.63. The molecule has 0 aliphatic heterocycles. The van der Waals surface area contributed by atoms with Gasteiger partial charge in [-0.05, 0) is 55.3 Å². The zero-order chi connectivity index (χ0) is 23.4. The first-order chi connectivity index (χ1) is 15.9. The number of nitrogens with one attached hydrogen (secondary N) is 1. The van der Waals surface area contributed by atoms with Gasteiger partial charge in [-0.3, -0.25) is 18.6 Å². The lowest BCUT2D eigenvalue weighted by atomic mass is 10.0. The van der Waals surface area contributed by atoms with Gasteiger partial charge in [0.2, 0.25) is 11.6 Å². The minimum atomic E-state index is -0.272. The Morgan fingerprint density at radius 1 is 1.15 bits per heavy atom. The monoisotopic (exact) mass is 465 g/mol. The second-order valence-corrected chi connectivity index (χ2v) is 8.22. The van der Waals surface area contributed by atoms with Crippen LogP contribution in [-0.4, -0.2) is 31.7 Å². The Kier molecular flexibility index (Phi) is 6.74. The Bertz CT molecular complexity index is 1330. The van der Waals surface area contributed by atoms with Crippen molar-refractivity contribution in [2.24, 2.45) is 5.92 Å². The molecule has 0 bridgehead atoms. The highest BCUT2D eigenvalue weighted by molar-refractivity contribution is 6.30. The summed E-state index contributed by atoms with van der Waals surface area (Å²) in [5.41, 5.74) is 1.33. The van der Waals surface area contributed by atoms with Gasteiger partial charge in [-0.15, -0.1) is 10.2 Å². The number of nitrogens with zero attached hydrogens (tertiary/aromatic N) is 4. The molecule has 1 amide bonds. The number of fused-ring (bicyclic) bond motifs is 1. The topological polar surface area (TPSA) is 90.5 Å². The summed E-state index contributed by atoms with van der Waals surface area (Å²) in [6.07, 6.45) is 4.25. The summed E-state index contributed by atoms with van der Waals surface area (Å²) in [5.74, 6) is 1.25. The minimum Gasteiger partial charge on any atom is -0.494 e. The predicted octanol–water partition coefficient (Wildman–Crippen LogP) is 4.14. The summed E-state index contributed by atoms with van der Waals surface area (Å²) in [6, 6.07) is 14.3. The highest BCUT2D eigenvalue weighted by atomic mass is 35.5. The maximum atomic E-state index is 13.0. The van der Waals surface area contributed by atoms with E-state index in [2.05, 4.69) is 15.5 Å². The molecule has 9 heteroatoms. The van der Waals surface area contributed by atoms with Gasteiger partial charge in [0.1, 0.15) is 11.6 Å². The first-order valence-corrected chi connectivity index (χ1v) is 11.1. The molecule has 170 valence electrons. The molecule has 4 rings (SSSR count). The molecule has 33 heavy (non-hydrogen) atoms. The molecular formula is C24H24ClN5O3. The van der Waals surface area contributed by atoms with Gasteiger partial charge in [0.05, 0.1) is 6.61 Å². The average molecular weight is 466 g/mol. The molecule has 0 radical (unpaired) electrons. The van der Waals surface area contributed by atoms with Crippen LogP contribution in [0.3, 0.4) is 0 Å². The molecule has 4 aromatic rings. The molecule has 2 heterocycles. The van der Waals surface area contributed by atoms with Crippen molar-refractivity contribution in [2.45, 2.75) is 26.7 Å². The number of halogens is 1. The lowest BCUT2D eigenvalue weighted by Crippen LogP contribution is -2.21. The Hall–Kier alpha value is -3.65. The molecule has 0 unspecified atom stereocenters. The van der Waals surface area contributed by atoms with E-state index in [1.165, 1.54) is 4.57 Å². The second kappa shape index (κ2) is 9.87. The van der Waals surface area contributed by atoms with Crippen molar-refractivity contribution in [1.82, 2.24) is 19.2 Å². The van der Waals surface area contributed by atoms with Crippen LogP contribution in [0, 0.1) is 5.92 Å². The van der Waals surface area contributed by atoms with Gasteiger partial charge >= 0.3 is 5.56 Å². The van der Waals surface area contributed by atoms with Crippen LogP contribution in [0.5, 0.6) is 5.75 Å². The third kappa shape index (κ3) is 5.23. The maximum absolute atomic E-state index is 13.0. The fraction of sp³-hybridized carbons (Fsp3) is 0.250. The van der Waals surface area contributed by atoms with Crippen LogP contribution in [0.15, 0.2) is 65.7 Å². The smallest absolute Gasteiger partial charge is 0.300 e. The summed E-state index contributed by atoms with van der Waals surface area (Å²) in [7, 11) is 0. The first-order valence-electron chi connectivity index (χ1n) is 10.7. The van der Waals surface area contributed by atoms with Crippen molar-refractivity contribution in [1.29, 1.82) is 0 Å². The molecule has 0 spiro atoms. The summed E-state index contributed by atoms with van der Waals surface area (Å²) in [6.45, 7) is 4.45. The van der Waals surface area contributed by atoms with Crippen molar-refractivity contribution in [3.8, 4) is 11.4 Å². The lowest BCUT2D eigenvalue weighted by molar-refractivity contribution is -0.116. The van der Waals surface area contributed by atoms with E-state index >= 15 is 0 Å². The third-order valence-electron chi connectivity index (χ3n) is 5.14. The van der Waals surface area contributed by atoms with Crippen LogP contribution in [0.25, 0.3) is 11.3 Å². The molecule has 0 saturated heterocycles. The Labute approximate surface area is 195 Å². The molecule has 2 aromatic heterocycles. The highest BCUT2D eigenvalue weighted by Crippen LogP contribution is 2.18. The summed E-state index contributed by atoms with van der Waals surface area (Å²) in [5, 5.41) is 11.7. The highest BCUT2D eigenvalue weighted by Gasteiger charge is 2.16. The van der Waals surface area contributed by atoms with E-state index in [9.17, 15) is 9.59 Å². The molecule has 1 atom stereocenters. The van der Waals surface area contributed by atoms with Crippen LogP contribution >= 0.6 is 11.6 Å². The maximum Gasteiger partial charge on any atom is 0.300 e. The Morgan fingerprint density at radius 3 is 2.67 bits per heavy atom. The molecular weight excluding hydrogens is 442 g/mol. The fourth-order valence-corrected chi connectivity index (χ4v) is 3.82. The van der Waals surface area contributed by atoms with Gasteiger partial charge in [0.25, 0.3) is 0 Å². The number of hydrogen-bond acceptors (Lipinski definition) is 5. The molecule has 2 aromatic carbocycles. The van der Waals surface area contributed by atoms with E-state index in [0.29, 0.717) is 41.7 Å². The van der Waals surface area contributed by atoms with Gasteiger partial charge in [0, 0.05) is 41.6 Å². The Morgan fingerprint density at radius 2 is 1.94 bits per heavy atom. The predicted molar refractivity (Wildman–Crippen MR) is 127 cm³/mol. The summed E-state index contributed by atoms with van der Waals surface area (Å²) < 4.78 is 8.65. The van der Waals surface area contributed by atoms with Crippen molar-refractivity contribution in [3.63, 3.8) is 0 Å². The first kappa shape index (κ1) is 22.5. The second-order valence-electron chi connectivity index (χ2n) is 7.78. The number of carbonyl (C=O) groups is 1.